The lowest BCUT2D eigenvalue weighted by Crippen LogP contribution is -2.07. The fourth-order valence-corrected chi connectivity index (χ4v) is 1.66. The molecule has 0 saturated heterocycles. The summed E-state index contributed by atoms with van der Waals surface area (Å²) in [4.78, 5) is 11.7. The molecule has 5 nitrogen and oxygen atoms in total. The number of ether oxygens (including phenoxy) is 1. The van der Waals surface area contributed by atoms with Crippen molar-refractivity contribution in [2.24, 2.45) is 0 Å². The largest absolute Gasteiger partial charge is 0.494 e. The van der Waals surface area contributed by atoms with E-state index in [2.05, 4.69) is 15.5 Å². The van der Waals surface area contributed by atoms with Crippen molar-refractivity contribution < 1.29 is 9.53 Å². The number of hydrogen-bond acceptors (Lipinski definition) is 3. The Kier molecular flexibility index (Phi) is 4.55. The number of carbonyl (C=O) groups excluding carboxylic acids is 1. The number of anilines is 1. The highest BCUT2D eigenvalue weighted by atomic mass is 16.5. The summed E-state index contributed by atoms with van der Waals surface area (Å²) in [5.41, 5.74) is 1.83. The predicted octanol–water partition coefficient (Wildman–Crippen LogP) is 2.77. The minimum atomic E-state index is -0.217. The molecule has 0 unspecified atom stereocenters. The molecular formula is C15H17N3O2. The summed E-state index contributed by atoms with van der Waals surface area (Å²) in [6.45, 7) is 4.45. The van der Waals surface area contributed by atoms with Crippen LogP contribution < -0.4 is 10.1 Å². The summed E-state index contributed by atoms with van der Waals surface area (Å²) in [7, 11) is 0. The number of H-pyrrole nitrogens is 1. The maximum absolute atomic E-state index is 11.7. The maximum atomic E-state index is 11.7. The van der Waals surface area contributed by atoms with Gasteiger partial charge in [-0.2, -0.15) is 5.10 Å². The van der Waals surface area contributed by atoms with Gasteiger partial charge < -0.3 is 10.1 Å². The van der Waals surface area contributed by atoms with E-state index in [1.807, 2.05) is 38.1 Å². The van der Waals surface area contributed by atoms with Crippen LogP contribution in [0.2, 0.25) is 0 Å². The molecule has 0 aliphatic rings. The standard InChI is InChI=1S/C15H17N3O2/c1-3-20-13-7-4-12(5-8-13)6-9-15(19)16-14-10-11(2)17-18-14/h4-10H,3H2,1-2H3,(H2,16,17,18,19). The topological polar surface area (TPSA) is 67.0 Å². The first-order valence-corrected chi connectivity index (χ1v) is 6.41. The van der Waals surface area contributed by atoms with E-state index in [1.54, 1.807) is 12.1 Å². The third-order valence-corrected chi connectivity index (χ3v) is 2.58. The van der Waals surface area contributed by atoms with Crippen molar-refractivity contribution in [2.75, 3.05) is 11.9 Å². The van der Waals surface area contributed by atoms with Crippen LogP contribution in [0.25, 0.3) is 6.08 Å². The number of aryl methyl sites for hydroxylation is 1. The highest BCUT2D eigenvalue weighted by Crippen LogP contribution is 2.13. The zero-order chi connectivity index (χ0) is 14.4. The third kappa shape index (κ3) is 3.98. The van der Waals surface area contributed by atoms with Crippen molar-refractivity contribution in [3.8, 4) is 5.75 Å². The smallest absolute Gasteiger partial charge is 0.249 e. The molecule has 5 heteroatoms. The molecule has 20 heavy (non-hydrogen) atoms. The lowest BCUT2D eigenvalue weighted by molar-refractivity contribution is -0.111. The van der Waals surface area contributed by atoms with Gasteiger partial charge in [-0.15, -0.1) is 0 Å². The van der Waals surface area contributed by atoms with E-state index in [-0.39, 0.29) is 5.91 Å². The Morgan fingerprint density at radius 3 is 2.75 bits per heavy atom. The highest BCUT2D eigenvalue weighted by Gasteiger charge is 2.00. The number of carbonyl (C=O) groups is 1. The molecule has 0 aliphatic heterocycles. The Labute approximate surface area is 117 Å². The SMILES string of the molecule is CCOc1ccc(C=CC(=O)Nc2cc(C)[nH]n2)cc1. The fourth-order valence-electron chi connectivity index (χ4n) is 1.66. The molecule has 0 atom stereocenters. The Hall–Kier alpha value is -2.56. The molecular weight excluding hydrogens is 254 g/mol. The number of aromatic amines is 1. The summed E-state index contributed by atoms with van der Waals surface area (Å²) in [5.74, 6) is 1.12. The predicted molar refractivity (Wildman–Crippen MR) is 78.6 cm³/mol. The Balaban J connectivity index is 1.93. The summed E-state index contributed by atoms with van der Waals surface area (Å²) in [6.07, 6.45) is 3.21. The minimum absolute atomic E-state index is 0.217. The van der Waals surface area contributed by atoms with Crippen LogP contribution in [-0.2, 0) is 4.79 Å². The van der Waals surface area contributed by atoms with E-state index in [0.29, 0.717) is 12.4 Å². The molecule has 0 radical (unpaired) electrons. The Morgan fingerprint density at radius 1 is 1.40 bits per heavy atom. The molecule has 0 aliphatic carbocycles. The van der Waals surface area contributed by atoms with Gasteiger partial charge in [0.25, 0.3) is 0 Å². The first-order chi connectivity index (χ1) is 9.67. The van der Waals surface area contributed by atoms with E-state index in [4.69, 9.17) is 4.74 Å². The molecule has 2 N–H and O–H groups in total. The number of benzene rings is 1. The molecule has 0 fully saturated rings. The van der Waals surface area contributed by atoms with Crippen molar-refractivity contribution in [1.29, 1.82) is 0 Å². The van der Waals surface area contributed by atoms with Crippen molar-refractivity contribution in [1.82, 2.24) is 10.2 Å². The van der Waals surface area contributed by atoms with Crippen LogP contribution in [0.3, 0.4) is 0 Å². The van der Waals surface area contributed by atoms with Gasteiger partial charge in [0, 0.05) is 17.8 Å². The van der Waals surface area contributed by atoms with Crippen LogP contribution >= 0.6 is 0 Å². The summed E-state index contributed by atoms with van der Waals surface area (Å²) in [6, 6.07) is 9.31. The van der Waals surface area contributed by atoms with Crippen LogP contribution in [0.1, 0.15) is 18.2 Å². The van der Waals surface area contributed by atoms with Gasteiger partial charge in [0.05, 0.1) is 6.61 Å². The Bertz CT molecular complexity index is 600. The zero-order valence-corrected chi connectivity index (χ0v) is 11.5. The van der Waals surface area contributed by atoms with Gasteiger partial charge in [0.2, 0.25) is 5.91 Å². The molecule has 0 spiro atoms. The van der Waals surface area contributed by atoms with E-state index >= 15 is 0 Å². The molecule has 1 aromatic heterocycles. The van der Waals surface area contributed by atoms with Crippen molar-refractivity contribution in [2.45, 2.75) is 13.8 Å². The summed E-state index contributed by atoms with van der Waals surface area (Å²) < 4.78 is 5.35. The van der Waals surface area contributed by atoms with E-state index in [0.717, 1.165) is 17.0 Å². The highest BCUT2D eigenvalue weighted by molar-refractivity contribution is 6.01. The van der Waals surface area contributed by atoms with Crippen LogP contribution in [0, 0.1) is 6.92 Å². The average molecular weight is 271 g/mol. The second kappa shape index (κ2) is 6.56. The monoisotopic (exact) mass is 271 g/mol. The first kappa shape index (κ1) is 13.9. The number of nitrogens with one attached hydrogen (secondary N) is 2. The molecule has 1 heterocycles. The number of hydrogen-bond donors (Lipinski definition) is 2. The third-order valence-electron chi connectivity index (χ3n) is 2.58. The van der Waals surface area contributed by atoms with E-state index in [9.17, 15) is 4.79 Å². The Morgan fingerprint density at radius 2 is 2.15 bits per heavy atom. The molecule has 104 valence electrons. The number of aromatic nitrogens is 2. The van der Waals surface area contributed by atoms with Gasteiger partial charge in [-0.05, 0) is 37.6 Å². The van der Waals surface area contributed by atoms with Crippen molar-refractivity contribution >= 4 is 17.8 Å². The quantitative estimate of drug-likeness (QED) is 0.822. The van der Waals surface area contributed by atoms with Gasteiger partial charge in [-0.1, -0.05) is 12.1 Å². The maximum Gasteiger partial charge on any atom is 0.249 e. The molecule has 2 rings (SSSR count). The first-order valence-electron chi connectivity index (χ1n) is 6.41. The zero-order valence-electron chi connectivity index (χ0n) is 11.5. The molecule has 2 aromatic rings. The average Bonchev–Trinajstić information content (AvgIpc) is 2.84. The minimum Gasteiger partial charge on any atom is -0.494 e. The molecule has 1 amide bonds. The number of rotatable bonds is 5. The lowest BCUT2D eigenvalue weighted by atomic mass is 10.2. The van der Waals surface area contributed by atoms with Gasteiger partial charge in [-0.25, -0.2) is 0 Å². The summed E-state index contributed by atoms with van der Waals surface area (Å²) >= 11 is 0. The van der Waals surface area contributed by atoms with Crippen molar-refractivity contribution in [3.05, 3.63) is 47.7 Å². The van der Waals surface area contributed by atoms with Crippen molar-refractivity contribution in [3.63, 3.8) is 0 Å². The van der Waals surface area contributed by atoms with Gasteiger partial charge in [0.15, 0.2) is 5.82 Å². The van der Waals surface area contributed by atoms with E-state index in [1.165, 1.54) is 6.08 Å². The molecule has 0 saturated carbocycles. The van der Waals surface area contributed by atoms with Crippen LogP contribution in [0.15, 0.2) is 36.4 Å². The number of nitrogens with zero attached hydrogens (tertiary/aromatic N) is 1. The lowest BCUT2D eigenvalue weighted by Gasteiger charge is -2.02. The normalized spacial score (nSPS) is 10.7. The van der Waals surface area contributed by atoms with Crippen LogP contribution in [0.4, 0.5) is 5.82 Å². The van der Waals surface area contributed by atoms with Gasteiger partial charge in [0.1, 0.15) is 5.75 Å². The van der Waals surface area contributed by atoms with Gasteiger partial charge in [-0.3, -0.25) is 9.89 Å². The van der Waals surface area contributed by atoms with Gasteiger partial charge >= 0.3 is 0 Å². The fraction of sp³-hybridized carbons (Fsp3) is 0.200. The number of amides is 1. The summed E-state index contributed by atoms with van der Waals surface area (Å²) in [5, 5.41) is 9.37. The second-order valence-electron chi connectivity index (χ2n) is 4.26. The molecule has 1 aromatic carbocycles. The van der Waals surface area contributed by atoms with Crippen LogP contribution in [-0.4, -0.2) is 22.7 Å². The van der Waals surface area contributed by atoms with E-state index < -0.39 is 0 Å². The van der Waals surface area contributed by atoms with Crippen LogP contribution in [0.5, 0.6) is 5.75 Å². The second-order valence-corrected chi connectivity index (χ2v) is 4.26. The molecule has 0 bridgehead atoms.